The van der Waals surface area contributed by atoms with Crippen molar-refractivity contribution in [1.29, 1.82) is 0 Å². The lowest BCUT2D eigenvalue weighted by Crippen LogP contribution is -2.48. The van der Waals surface area contributed by atoms with Crippen molar-refractivity contribution in [2.75, 3.05) is 20.3 Å². The molecule has 0 aliphatic carbocycles. The van der Waals surface area contributed by atoms with Crippen molar-refractivity contribution in [1.82, 2.24) is 14.5 Å². The molecule has 7 nitrogen and oxygen atoms in total. The van der Waals surface area contributed by atoms with E-state index in [0.29, 0.717) is 26.1 Å². The highest BCUT2D eigenvalue weighted by atomic mass is 16.5. The van der Waals surface area contributed by atoms with Gasteiger partial charge < -0.3 is 23.7 Å². The Morgan fingerprint density at radius 1 is 0.971 bits per heavy atom. The van der Waals surface area contributed by atoms with Crippen LogP contribution in [-0.2, 0) is 22.5 Å². The minimum atomic E-state index is -0.543. The summed E-state index contributed by atoms with van der Waals surface area (Å²) < 4.78 is 18.9. The number of rotatable bonds is 8. The number of hydrogen-bond acceptors (Lipinski definition) is 5. The van der Waals surface area contributed by atoms with Crippen LogP contribution >= 0.6 is 0 Å². The number of aromatic nitrogens is 2. The molecule has 5 rings (SSSR count). The highest BCUT2D eigenvalue weighted by molar-refractivity contribution is 5.81. The molecule has 1 atom stereocenters. The van der Waals surface area contributed by atoms with Crippen LogP contribution in [0.4, 0.5) is 0 Å². The highest BCUT2D eigenvalue weighted by Crippen LogP contribution is 2.24. The highest BCUT2D eigenvalue weighted by Gasteiger charge is 2.30. The van der Waals surface area contributed by atoms with Gasteiger partial charge in [0.05, 0.1) is 31.4 Å². The number of methoxy groups -OCH3 is 1. The van der Waals surface area contributed by atoms with Crippen molar-refractivity contribution in [2.24, 2.45) is 0 Å². The standard InChI is InChI=1S/C28H27N3O4/c1-33-24-12-10-21(11-13-24)18-30-14-15-34-27(28(30)32)16-22-19-31(20-29-22)23-6-5-9-26(17-23)35-25-7-3-2-4-8-25/h2-13,17,19-20,27H,14-16,18H2,1H3. The lowest BCUT2D eigenvalue weighted by Gasteiger charge is -2.32. The Labute approximate surface area is 204 Å². The molecule has 1 fully saturated rings. The van der Waals surface area contributed by atoms with Gasteiger partial charge in [0, 0.05) is 31.8 Å². The van der Waals surface area contributed by atoms with E-state index >= 15 is 0 Å². The maximum atomic E-state index is 13.1. The Hall–Kier alpha value is -4.10. The minimum absolute atomic E-state index is 0.0140. The number of ether oxygens (including phenoxy) is 3. The number of morpholine rings is 1. The van der Waals surface area contributed by atoms with Crippen molar-refractivity contribution < 1.29 is 19.0 Å². The van der Waals surface area contributed by atoms with Crippen LogP contribution in [-0.4, -0.2) is 46.7 Å². The second-order valence-electron chi connectivity index (χ2n) is 8.36. The molecule has 1 amide bonds. The smallest absolute Gasteiger partial charge is 0.252 e. The van der Waals surface area contributed by atoms with E-state index in [1.54, 1.807) is 13.4 Å². The summed E-state index contributed by atoms with van der Waals surface area (Å²) in [5.74, 6) is 2.31. The maximum absolute atomic E-state index is 13.1. The summed E-state index contributed by atoms with van der Waals surface area (Å²) in [6, 6.07) is 25.2. The van der Waals surface area contributed by atoms with E-state index in [1.807, 2.05) is 94.5 Å². The third-order valence-corrected chi connectivity index (χ3v) is 5.93. The van der Waals surface area contributed by atoms with Crippen LogP contribution in [0.3, 0.4) is 0 Å². The number of imidazole rings is 1. The average Bonchev–Trinajstić information content (AvgIpc) is 3.36. The predicted molar refractivity (Wildman–Crippen MR) is 132 cm³/mol. The van der Waals surface area contributed by atoms with Gasteiger partial charge in [0.25, 0.3) is 5.91 Å². The van der Waals surface area contributed by atoms with E-state index in [2.05, 4.69) is 4.98 Å². The summed E-state index contributed by atoms with van der Waals surface area (Å²) in [7, 11) is 1.64. The predicted octanol–water partition coefficient (Wildman–Crippen LogP) is 4.64. The quantitative estimate of drug-likeness (QED) is 0.376. The van der Waals surface area contributed by atoms with Crippen LogP contribution in [0.2, 0.25) is 0 Å². The number of para-hydroxylation sites is 1. The van der Waals surface area contributed by atoms with E-state index in [-0.39, 0.29) is 5.91 Å². The monoisotopic (exact) mass is 469 g/mol. The van der Waals surface area contributed by atoms with E-state index in [9.17, 15) is 4.79 Å². The first kappa shape index (κ1) is 22.7. The van der Waals surface area contributed by atoms with Gasteiger partial charge >= 0.3 is 0 Å². The summed E-state index contributed by atoms with van der Waals surface area (Å²) in [6.07, 6.45) is 3.56. The van der Waals surface area contributed by atoms with Crippen LogP contribution in [0.1, 0.15) is 11.3 Å². The van der Waals surface area contributed by atoms with Gasteiger partial charge in [-0.1, -0.05) is 36.4 Å². The van der Waals surface area contributed by atoms with Crippen molar-refractivity contribution in [3.8, 4) is 22.9 Å². The Morgan fingerprint density at radius 3 is 2.57 bits per heavy atom. The topological polar surface area (TPSA) is 65.8 Å². The SMILES string of the molecule is COc1ccc(CN2CCOC(Cc3cn(-c4cccc(Oc5ccccc5)c4)cn3)C2=O)cc1. The summed E-state index contributed by atoms with van der Waals surface area (Å²) in [4.78, 5) is 19.4. The fourth-order valence-corrected chi connectivity index (χ4v) is 4.08. The Bertz CT molecular complexity index is 1270. The van der Waals surface area contributed by atoms with Gasteiger partial charge in [-0.2, -0.15) is 0 Å². The number of carbonyl (C=O) groups is 1. The van der Waals surface area contributed by atoms with Crippen molar-refractivity contribution in [3.05, 3.63) is 103 Å². The lowest BCUT2D eigenvalue weighted by molar-refractivity contribution is -0.153. The van der Waals surface area contributed by atoms with Gasteiger partial charge in [0.2, 0.25) is 0 Å². The van der Waals surface area contributed by atoms with Gasteiger partial charge in [-0.15, -0.1) is 0 Å². The molecule has 178 valence electrons. The molecular formula is C28H27N3O4. The number of nitrogens with zero attached hydrogens (tertiary/aromatic N) is 3. The second kappa shape index (κ2) is 10.4. The third-order valence-electron chi connectivity index (χ3n) is 5.93. The Kier molecular flexibility index (Phi) is 6.77. The van der Waals surface area contributed by atoms with Gasteiger partial charge in [-0.3, -0.25) is 4.79 Å². The van der Waals surface area contributed by atoms with Crippen LogP contribution in [0.5, 0.6) is 17.2 Å². The molecule has 1 aliphatic heterocycles. The van der Waals surface area contributed by atoms with E-state index in [4.69, 9.17) is 14.2 Å². The lowest BCUT2D eigenvalue weighted by atomic mass is 10.1. The maximum Gasteiger partial charge on any atom is 0.252 e. The molecule has 0 bridgehead atoms. The molecule has 1 aliphatic rings. The molecule has 35 heavy (non-hydrogen) atoms. The van der Waals surface area contributed by atoms with E-state index in [0.717, 1.165) is 34.2 Å². The Morgan fingerprint density at radius 2 is 1.77 bits per heavy atom. The van der Waals surface area contributed by atoms with Gasteiger partial charge in [0.1, 0.15) is 23.4 Å². The van der Waals surface area contributed by atoms with Crippen molar-refractivity contribution >= 4 is 5.91 Å². The molecule has 2 heterocycles. The fourth-order valence-electron chi connectivity index (χ4n) is 4.08. The van der Waals surface area contributed by atoms with Gasteiger partial charge in [-0.25, -0.2) is 4.98 Å². The van der Waals surface area contributed by atoms with Crippen LogP contribution in [0, 0.1) is 0 Å². The molecule has 0 spiro atoms. The van der Waals surface area contributed by atoms with Gasteiger partial charge in [0.15, 0.2) is 0 Å². The molecule has 1 saturated heterocycles. The minimum Gasteiger partial charge on any atom is -0.497 e. The first-order valence-corrected chi connectivity index (χ1v) is 11.6. The van der Waals surface area contributed by atoms with Crippen molar-refractivity contribution in [3.63, 3.8) is 0 Å². The normalized spacial score (nSPS) is 15.7. The molecule has 3 aromatic carbocycles. The zero-order valence-corrected chi connectivity index (χ0v) is 19.5. The van der Waals surface area contributed by atoms with Gasteiger partial charge in [-0.05, 0) is 42.0 Å². The van der Waals surface area contributed by atoms with E-state index < -0.39 is 6.10 Å². The second-order valence-corrected chi connectivity index (χ2v) is 8.36. The zero-order valence-electron chi connectivity index (χ0n) is 19.5. The Balaban J connectivity index is 1.23. The molecule has 0 radical (unpaired) electrons. The number of hydrogen-bond donors (Lipinski definition) is 0. The summed E-state index contributed by atoms with van der Waals surface area (Å²) in [5, 5.41) is 0. The molecule has 1 aromatic heterocycles. The van der Waals surface area contributed by atoms with Crippen LogP contribution in [0.15, 0.2) is 91.4 Å². The molecule has 1 unspecified atom stereocenters. The summed E-state index contributed by atoms with van der Waals surface area (Å²) >= 11 is 0. The first-order chi connectivity index (χ1) is 17.2. The molecular weight excluding hydrogens is 442 g/mol. The third kappa shape index (κ3) is 5.53. The van der Waals surface area contributed by atoms with Crippen LogP contribution in [0.25, 0.3) is 5.69 Å². The fraction of sp³-hybridized carbons (Fsp3) is 0.214. The number of amides is 1. The molecule has 7 heteroatoms. The largest absolute Gasteiger partial charge is 0.497 e. The van der Waals surface area contributed by atoms with E-state index in [1.165, 1.54) is 0 Å². The van der Waals surface area contributed by atoms with Crippen molar-refractivity contribution in [2.45, 2.75) is 19.1 Å². The number of benzene rings is 3. The molecule has 4 aromatic rings. The molecule has 0 N–H and O–H groups in total. The first-order valence-electron chi connectivity index (χ1n) is 11.6. The molecule has 0 saturated carbocycles. The zero-order chi connectivity index (χ0) is 24.0. The number of carbonyl (C=O) groups excluding carboxylic acids is 1. The van der Waals surface area contributed by atoms with Crippen LogP contribution < -0.4 is 9.47 Å². The summed E-state index contributed by atoms with van der Waals surface area (Å²) in [5.41, 5.74) is 2.78. The average molecular weight is 470 g/mol. The summed E-state index contributed by atoms with van der Waals surface area (Å²) in [6.45, 7) is 1.63.